The van der Waals surface area contributed by atoms with Crippen molar-refractivity contribution in [2.24, 2.45) is 0 Å². The summed E-state index contributed by atoms with van der Waals surface area (Å²) in [7, 11) is 0. The normalized spacial score (nSPS) is 8.90. The molecule has 1 aromatic carbocycles. The van der Waals surface area contributed by atoms with Crippen LogP contribution in [0, 0.1) is 27.7 Å². The molecule has 0 bridgehead atoms. The second-order valence-corrected chi connectivity index (χ2v) is 9.99. The molecular formula is C14H20Hg2O4. The summed E-state index contributed by atoms with van der Waals surface area (Å²) in [6, 6.07) is 0. The Morgan fingerprint density at radius 1 is 0.700 bits per heavy atom. The molecule has 1 aromatic rings. The maximum atomic E-state index is 9.00. The first-order chi connectivity index (χ1) is 8.93. The van der Waals surface area contributed by atoms with Gasteiger partial charge in [-0.25, -0.2) is 0 Å². The van der Waals surface area contributed by atoms with E-state index in [1.54, 1.807) is 28.4 Å². The van der Waals surface area contributed by atoms with Crippen LogP contribution in [0.5, 0.6) is 0 Å². The molecule has 0 spiro atoms. The molecular weight excluding hydrogens is 633 g/mol. The molecule has 0 amide bonds. The Morgan fingerprint density at radius 3 is 0.900 bits per heavy atom. The van der Waals surface area contributed by atoms with E-state index in [0.29, 0.717) is 0 Å². The monoisotopic (exact) mass is 656 g/mol. The maximum absolute atomic E-state index is 9.00. The summed E-state index contributed by atoms with van der Waals surface area (Å²) in [5, 5.41) is 14.8. The quantitative estimate of drug-likeness (QED) is 0.417. The second kappa shape index (κ2) is 10.7. The zero-order valence-corrected chi connectivity index (χ0v) is 24.1. The Morgan fingerprint density at radius 2 is 0.800 bits per heavy atom. The molecule has 104 valence electrons. The van der Waals surface area contributed by atoms with E-state index in [1.807, 2.05) is 0 Å². The van der Waals surface area contributed by atoms with Gasteiger partial charge in [-0.1, -0.05) is 0 Å². The van der Waals surface area contributed by atoms with Crippen LogP contribution >= 0.6 is 0 Å². The summed E-state index contributed by atoms with van der Waals surface area (Å²) < 4.78 is 3.36. The number of benzene rings is 1. The SMILES string of the molecule is CC(=O)O.CC(=O)O.Cc1c(C)[c]([Hg])c(C)c(C)[c]1[Hg]. The zero-order chi connectivity index (χ0) is 16.6. The van der Waals surface area contributed by atoms with Gasteiger partial charge in [0.2, 0.25) is 0 Å². The Labute approximate surface area is 152 Å². The van der Waals surface area contributed by atoms with E-state index in [2.05, 4.69) is 27.7 Å². The molecule has 0 aliphatic carbocycles. The number of hydrogen-bond donors (Lipinski definition) is 2. The van der Waals surface area contributed by atoms with Gasteiger partial charge in [-0.15, -0.1) is 0 Å². The van der Waals surface area contributed by atoms with Gasteiger partial charge in [0.1, 0.15) is 0 Å². The first kappa shape index (κ1) is 22.3. The summed E-state index contributed by atoms with van der Waals surface area (Å²) in [5.74, 6) is -1.67. The van der Waals surface area contributed by atoms with Gasteiger partial charge in [0.15, 0.2) is 0 Å². The molecule has 20 heavy (non-hydrogen) atoms. The van der Waals surface area contributed by atoms with E-state index < -0.39 is 11.9 Å². The number of carbonyl (C=O) groups is 2. The number of rotatable bonds is 0. The predicted molar refractivity (Wildman–Crippen MR) is 71.3 cm³/mol. The molecule has 0 saturated heterocycles. The number of carboxylic acid groups (broad SMARTS) is 2. The second-order valence-electron chi connectivity index (χ2n) is 4.50. The third kappa shape index (κ3) is 9.06. The molecule has 0 aromatic heterocycles. The van der Waals surface area contributed by atoms with Crippen LogP contribution < -0.4 is 6.14 Å². The van der Waals surface area contributed by atoms with E-state index in [1.165, 1.54) is 0 Å². The first-order valence-electron chi connectivity index (χ1n) is 6.06. The average Bonchev–Trinajstić information content (AvgIpc) is 2.30. The van der Waals surface area contributed by atoms with E-state index >= 15 is 0 Å². The molecule has 1 rings (SSSR count). The molecule has 0 unspecified atom stereocenters. The molecule has 4 nitrogen and oxygen atoms in total. The van der Waals surface area contributed by atoms with Crippen LogP contribution in [0.1, 0.15) is 36.1 Å². The third-order valence-corrected chi connectivity index (χ3v) is 11.2. The minimum absolute atomic E-state index is 0.780. The number of aliphatic carboxylic acids is 2. The van der Waals surface area contributed by atoms with Gasteiger partial charge in [-0.3, -0.25) is 9.59 Å². The van der Waals surface area contributed by atoms with Gasteiger partial charge in [0, 0.05) is 13.8 Å². The fourth-order valence-corrected chi connectivity index (χ4v) is 5.59. The van der Waals surface area contributed by atoms with Crippen molar-refractivity contribution in [2.45, 2.75) is 41.5 Å². The van der Waals surface area contributed by atoms with Crippen LogP contribution in [0.2, 0.25) is 0 Å². The van der Waals surface area contributed by atoms with Crippen molar-refractivity contribution in [1.82, 2.24) is 0 Å². The van der Waals surface area contributed by atoms with Crippen molar-refractivity contribution in [2.75, 3.05) is 0 Å². The standard InChI is InChI=1S/C10H12.2C2H4O2.2Hg/c1-7-5-9(3)10(4)6-8(7)2;2*1-2(3)4;;/h1-4H3;2*1H3,(H,3,4);;. The van der Waals surface area contributed by atoms with Gasteiger partial charge in [0.25, 0.3) is 11.9 Å². The Bertz CT molecular complexity index is 371. The van der Waals surface area contributed by atoms with Gasteiger partial charge in [-0.2, -0.15) is 0 Å². The number of hydrogen-bond acceptors (Lipinski definition) is 2. The van der Waals surface area contributed by atoms with Crippen molar-refractivity contribution < 1.29 is 72.0 Å². The van der Waals surface area contributed by atoms with Crippen LogP contribution in [-0.4, -0.2) is 22.2 Å². The molecule has 0 aliphatic rings. The third-order valence-electron chi connectivity index (χ3n) is 2.94. The van der Waals surface area contributed by atoms with Gasteiger partial charge in [0.05, 0.1) is 0 Å². The first-order valence-corrected chi connectivity index (χ1v) is 11.6. The van der Waals surface area contributed by atoms with Crippen LogP contribution in [0.4, 0.5) is 0 Å². The predicted octanol–water partition coefficient (Wildman–Crippen LogP) is 1.45. The number of carboxylic acids is 2. The summed E-state index contributed by atoms with van der Waals surface area (Å²) in [6.07, 6.45) is 0. The minimum atomic E-state index is -0.833. The van der Waals surface area contributed by atoms with Crippen molar-refractivity contribution >= 4 is 18.1 Å². The summed E-state index contributed by atoms with van der Waals surface area (Å²) in [6.45, 7) is 11.3. The van der Waals surface area contributed by atoms with E-state index in [4.69, 9.17) is 19.8 Å². The fourth-order valence-electron chi connectivity index (χ4n) is 1.47. The van der Waals surface area contributed by atoms with Crippen molar-refractivity contribution in [1.29, 1.82) is 0 Å². The van der Waals surface area contributed by atoms with E-state index in [9.17, 15) is 0 Å². The van der Waals surface area contributed by atoms with Crippen molar-refractivity contribution in [3.8, 4) is 0 Å². The molecule has 0 atom stereocenters. The molecule has 0 aliphatic heterocycles. The molecule has 0 radical (unpaired) electrons. The van der Waals surface area contributed by atoms with Gasteiger partial charge < -0.3 is 10.2 Å². The van der Waals surface area contributed by atoms with Gasteiger partial charge >= 0.3 is 108 Å². The Hall–Kier alpha value is 0.0301. The molecule has 0 heterocycles. The topological polar surface area (TPSA) is 74.6 Å². The van der Waals surface area contributed by atoms with Crippen molar-refractivity contribution in [3.63, 3.8) is 0 Å². The van der Waals surface area contributed by atoms with E-state index in [-0.39, 0.29) is 0 Å². The Balaban J connectivity index is 0. The van der Waals surface area contributed by atoms with Crippen molar-refractivity contribution in [3.05, 3.63) is 22.3 Å². The van der Waals surface area contributed by atoms with Crippen LogP contribution in [0.15, 0.2) is 0 Å². The molecule has 6 heteroatoms. The van der Waals surface area contributed by atoms with Crippen LogP contribution in [0.3, 0.4) is 0 Å². The van der Waals surface area contributed by atoms with Gasteiger partial charge in [-0.05, 0) is 0 Å². The fraction of sp³-hybridized carbons (Fsp3) is 0.429. The van der Waals surface area contributed by atoms with Crippen LogP contribution in [0.25, 0.3) is 0 Å². The summed E-state index contributed by atoms with van der Waals surface area (Å²) in [5.41, 5.74) is 6.36. The molecule has 0 saturated carbocycles. The van der Waals surface area contributed by atoms with E-state index in [0.717, 1.165) is 66.1 Å². The zero-order valence-electron chi connectivity index (χ0n) is 13.1. The Kier molecular flexibility index (Phi) is 12.0. The molecule has 0 fully saturated rings. The average molecular weight is 653 g/mol. The summed E-state index contributed by atoms with van der Waals surface area (Å²) >= 11 is 1.56. The molecule has 2 N–H and O–H groups in total. The summed E-state index contributed by atoms with van der Waals surface area (Å²) in [4.78, 5) is 18.0. The van der Waals surface area contributed by atoms with Crippen LogP contribution in [-0.2, 0) is 61.8 Å².